The number of anilines is 2. The number of benzene rings is 3. The van der Waals surface area contributed by atoms with Crippen LogP contribution in [0.5, 0.6) is 5.75 Å². The Kier molecular flexibility index (Phi) is 7.19. The lowest BCUT2D eigenvalue weighted by molar-refractivity contribution is -0.118. The lowest BCUT2D eigenvalue weighted by Gasteiger charge is -2.16. The van der Waals surface area contributed by atoms with Gasteiger partial charge >= 0.3 is 0 Å². The Morgan fingerprint density at radius 1 is 1.12 bits per heavy atom. The predicted molar refractivity (Wildman–Crippen MR) is 141 cm³/mol. The van der Waals surface area contributed by atoms with E-state index in [0.29, 0.717) is 27.6 Å². The molecule has 6 nitrogen and oxygen atoms in total. The summed E-state index contributed by atoms with van der Waals surface area (Å²) in [6.07, 6.45) is 1.69. The number of halogens is 1. The molecule has 0 bridgehead atoms. The number of amides is 2. The minimum Gasteiger partial charge on any atom is -0.483 e. The fourth-order valence-corrected chi connectivity index (χ4v) is 4.63. The van der Waals surface area contributed by atoms with Gasteiger partial charge in [0.05, 0.1) is 10.6 Å². The van der Waals surface area contributed by atoms with Crippen molar-refractivity contribution in [1.82, 2.24) is 0 Å². The molecule has 3 aromatic rings. The number of hydrogen-bond acceptors (Lipinski definition) is 5. The Morgan fingerprint density at radius 3 is 2.59 bits per heavy atom. The average Bonchev–Trinajstić information content (AvgIpc) is 3.08. The topological polar surface area (TPSA) is 82.5 Å². The van der Waals surface area contributed by atoms with Crippen LogP contribution < -0.4 is 15.0 Å². The summed E-state index contributed by atoms with van der Waals surface area (Å²) in [6.45, 7) is 3.70. The van der Waals surface area contributed by atoms with Gasteiger partial charge in [-0.1, -0.05) is 51.8 Å². The molecular formula is C26H22BrN3O3S. The van der Waals surface area contributed by atoms with Crippen LogP contribution in [0.1, 0.15) is 16.7 Å². The van der Waals surface area contributed by atoms with Gasteiger partial charge in [0, 0.05) is 15.7 Å². The van der Waals surface area contributed by atoms with Crippen molar-refractivity contribution < 1.29 is 14.3 Å². The number of hydrogen-bond donors (Lipinski definition) is 2. The summed E-state index contributed by atoms with van der Waals surface area (Å²) in [5.74, 6) is -0.0967. The van der Waals surface area contributed by atoms with Crippen molar-refractivity contribution in [2.45, 2.75) is 13.8 Å². The molecule has 1 saturated heterocycles. The Bertz CT molecular complexity index is 1300. The normalized spacial score (nSPS) is 14.6. The summed E-state index contributed by atoms with van der Waals surface area (Å²) in [4.78, 5) is 27.3. The first-order valence-corrected chi connectivity index (χ1v) is 12.1. The number of ether oxygens (including phenoxy) is 1. The van der Waals surface area contributed by atoms with Gasteiger partial charge in [-0.3, -0.25) is 19.9 Å². The summed E-state index contributed by atoms with van der Waals surface area (Å²) >= 11 is 4.55. The molecule has 1 aliphatic rings. The molecule has 0 aromatic heterocycles. The van der Waals surface area contributed by atoms with Gasteiger partial charge in [0.15, 0.2) is 11.8 Å². The molecule has 1 fully saturated rings. The van der Waals surface area contributed by atoms with E-state index in [1.165, 1.54) is 4.90 Å². The molecule has 0 aliphatic carbocycles. The van der Waals surface area contributed by atoms with Gasteiger partial charge in [-0.05, 0) is 73.6 Å². The quantitative estimate of drug-likeness (QED) is 0.371. The number of aryl methyl sites for hydroxylation is 2. The van der Waals surface area contributed by atoms with Crippen molar-refractivity contribution >= 4 is 62.1 Å². The highest BCUT2D eigenvalue weighted by Crippen LogP contribution is 2.38. The number of amidine groups is 1. The highest BCUT2D eigenvalue weighted by atomic mass is 79.9. The first-order chi connectivity index (χ1) is 16.3. The van der Waals surface area contributed by atoms with Gasteiger partial charge in [0.2, 0.25) is 0 Å². The molecule has 4 rings (SSSR count). The van der Waals surface area contributed by atoms with E-state index < -0.39 is 0 Å². The van der Waals surface area contributed by atoms with Crippen LogP contribution >= 0.6 is 27.7 Å². The molecule has 172 valence electrons. The van der Waals surface area contributed by atoms with E-state index in [1.54, 1.807) is 18.2 Å². The zero-order valence-corrected chi connectivity index (χ0v) is 21.0. The number of carbonyl (C=O) groups excluding carboxylic acids is 2. The third kappa shape index (κ3) is 5.40. The van der Waals surface area contributed by atoms with Crippen molar-refractivity contribution in [1.29, 1.82) is 5.41 Å². The second kappa shape index (κ2) is 10.3. The van der Waals surface area contributed by atoms with Crippen molar-refractivity contribution in [2.24, 2.45) is 0 Å². The summed E-state index contributed by atoms with van der Waals surface area (Å²) in [5, 5.41) is 11.3. The van der Waals surface area contributed by atoms with Crippen LogP contribution in [0.15, 0.2) is 76.1 Å². The minimum absolute atomic E-state index is 0.139. The highest BCUT2D eigenvalue weighted by Gasteiger charge is 2.34. The summed E-state index contributed by atoms with van der Waals surface area (Å²) in [6, 6.07) is 20.3. The van der Waals surface area contributed by atoms with Crippen LogP contribution in [0.3, 0.4) is 0 Å². The van der Waals surface area contributed by atoms with E-state index in [0.717, 1.165) is 27.4 Å². The molecule has 8 heteroatoms. The fraction of sp³-hybridized carbons (Fsp3) is 0.115. The maximum absolute atomic E-state index is 13.1. The number of carbonyl (C=O) groups is 2. The van der Waals surface area contributed by atoms with E-state index in [1.807, 2.05) is 68.4 Å². The highest BCUT2D eigenvalue weighted by molar-refractivity contribution is 9.10. The van der Waals surface area contributed by atoms with Crippen LogP contribution in [-0.2, 0) is 9.59 Å². The molecule has 0 radical (unpaired) electrons. The fourth-order valence-electron chi connectivity index (χ4n) is 3.40. The smallest absolute Gasteiger partial charge is 0.271 e. The van der Waals surface area contributed by atoms with Crippen LogP contribution in [0.25, 0.3) is 6.08 Å². The van der Waals surface area contributed by atoms with Crippen LogP contribution in [0.4, 0.5) is 11.4 Å². The van der Waals surface area contributed by atoms with Gasteiger partial charge in [0.25, 0.3) is 11.8 Å². The van der Waals surface area contributed by atoms with E-state index in [9.17, 15) is 9.59 Å². The predicted octanol–water partition coefficient (Wildman–Crippen LogP) is 6.14. The molecule has 3 aromatic carbocycles. The summed E-state index contributed by atoms with van der Waals surface area (Å²) < 4.78 is 6.59. The number of nitrogens with one attached hydrogen (secondary N) is 2. The van der Waals surface area contributed by atoms with Crippen LogP contribution in [-0.4, -0.2) is 23.6 Å². The first kappa shape index (κ1) is 23.8. The molecule has 0 unspecified atom stereocenters. The van der Waals surface area contributed by atoms with Crippen LogP contribution in [0.2, 0.25) is 0 Å². The number of rotatable bonds is 6. The third-order valence-electron chi connectivity index (χ3n) is 5.13. The molecule has 2 amide bonds. The Morgan fingerprint density at radius 2 is 1.85 bits per heavy atom. The SMILES string of the molecule is Cc1ccc(NC(=O)COc2ccc(Br)cc2/C=C2\SC(=N)N(c3ccccc3C)C2=O)cc1. The molecular weight excluding hydrogens is 514 g/mol. The maximum Gasteiger partial charge on any atom is 0.271 e. The molecule has 0 saturated carbocycles. The second-order valence-electron chi connectivity index (χ2n) is 7.73. The first-order valence-electron chi connectivity index (χ1n) is 10.5. The summed E-state index contributed by atoms with van der Waals surface area (Å²) in [7, 11) is 0. The van der Waals surface area contributed by atoms with Crippen molar-refractivity contribution in [3.63, 3.8) is 0 Å². The average molecular weight is 536 g/mol. The van der Waals surface area contributed by atoms with Crippen molar-refractivity contribution in [3.05, 3.63) is 92.8 Å². The maximum atomic E-state index is 13.1. The van der Waals surface area contributed by atoms with Gasteiger partial charge in [0.1, 0.15) is 5.75 Å². The van der Waals surface area contributed by atoms with Crippen molar-refractivity contribution in [2.75, 3.05) is 16.8 Å². The minimum atomic E-state index is -0.288. The molecule has 2 N–H and O–H groups in total. The van der Waals surface area contributed by atoms with E-state index in [4.69, 9.17) is 10.1 Å². The Labute approximate surface area is 210 Å². The second-order valence-corrected chi connectivity index (χ2v) is 9.67. The summed E-state index contributed by atoms with van der Waals surface area (Å²) in [5.41, 5.74) is 4.03. The standard InChI is InChI=1S/C26H22BrN3O3S/c1-16-7-10-20(11-8-16)29-24(31)15-33-22-12-9-19(27)13-18(22)14-23-25(32)30(26(28)34-23)21-6-4-3-5-17(21)2/h3-14,28H,15H2,1-2H3,(H,29,31)/b23-14-,28-26?. The number of thioether (sulfide) groups is 1. The monoisotopic (exact) mass is 535 g/mol. The number of para-hydroxylation sites is 1. The Hall–Kier alpha value is -3.36. The van der Waals surface area contributed by atoms with E-state index >= 15 is 0 Å². The molecule has 1 aliphatic heterocycles. The lowest BCUT2D eigenvalue weighted by Crippen LogP contribution is -2.28. The largest absolute Gasteiger partial charge is 0.483 e. The van der Waals surface area contributed by atoms with Gasteiger partial charge < -0.3 is 10.1 Å². The zero-order chi connectivity index (χ0) is 24.2. The Balaban J connectivity index is 1.52. The van der Waals surface area contributed by atoms with Gasteiger partial charge in [-0.15, -0.1) is 0 Å². The van der Waals surface area contributed by atoms with E-state index in [2.05, 4.69) is 21.2 Å². The van der Waals surface area contributed by atoms with Crippen molar-refractivity contribution in [3.8, 4) is 5.75 Å². The van der Waals surface area contributed by atoms with E-state index in [-0.39, 0.29) is 23.6 Å². The molecule has 1 heterocycles. The van der Waals surface area contributed by atoms with Gasteiger partial charge in [-0.25, -0.2) is 0 Å². The van der Waals surface area contributed by atoms with Gasteiger partial charge in [-0.2, -0.15) is 0 Å². The molecule has 34 heavy (non-hydrogen) atoms. The lowest BCUT2D eigenvalue weighted by atomic mass is 10.1. The van der Waals surface area contributed by atoms with Crippen LogP contribution in [0, 0.1) is 19.3 Å². The number of nitrogens with zero attached hydrogens (tertiary/aromatic N) is 1. The zero-order valence-electron chi connectivity index (χ0n) is 18.6. The molecule has 0 spiro atoms. The third-order valence-corrected chi connectivity index (χ3v) is 6.51. The molecule has 0 atom stereocenters.